The van der Waals surface area contributed by atoms with E-state index < -0.39 is 6.10 Å². The molecule has 0 saturated heterocycles. The fourth-order valence-corrected chi connectivity index (χ4v) is 10.1. The predicted molar refractivity (Wildman–Crippen MR) is 344 cm³/mol. The van der Waals surface area contributed by atoms with Crippen LogP contribution in [0, 0.1) is 0 Å². The third-order valence-electron chi connectivity index (χ3n) is 15.2. The second-order valence-electron chi connectivity index (χ2n) is 23.1. The van der Waals surface area contributed by atoms with Gasteiger partial charge in [-0.05, 0) is 89.9 Å². The Balaban J connectivity index is 4.26. The Morgan fingerprint density at radius 3 is 0.772 bits per heavy atom. The molecule has 0 heterocycles. The van der Waals surface area contributed by atoms with Gasteiger partial charge in [0.05, 0.1) is 0 Å². The molecule has 0 aliphatic rings. The van der Waals surface area contributed by atoms with Crippen LogP contribution in [0.2, 0.25) is 0 Å². The number of hydrogen-bond donors (Lipinski definition) is 0. The van der Waals surface area contributed by atoms with Crippen molar-refractivity contribution in [2.45, 2.75) is 361 Å². The lowest BCUT2D eigenvalue weighted by Crippen LogP contribution is -2.30. The van der Waals surface area contributed by atoms with Crippen molar-refractivity contribution in [3.8, 4) is 0 Å². The van der Waals surface area contributed by atoms with Crippen molar-refractivity contribution in [3.05, 3.63) is 72.9 Å². The SMILES string of the molecule is CC/C=C\C/C=C\C/C=C\C/C=C\CCCCCCCCCCCCCCCCC(=O)OCC(COC(=O)CCCCCCCCCCCCCCC)OC(=O)CCCCCCCCCCC/C=C\C/C=C\CCCCCCC. The molecule has 0 fully saturated rings. The second kappa shape index (κ2) is 67.4. The standard InChI is InChI=1S/C73H130O6/c1-4-7-10-13-16-19-22-25-27-29-31-33-34-35-36-37-38-40-41-43-45-48-51-54-57-60-63-66-72(75)78-69-70(68-77-71(74)65-62-59-56-53-50-47-24-21-18-15-12-9-6-3)79-73(76)67-64-61-58-55-52-49-46-44-42-39-32-30-28-26-23-20-17-14-11-8-5-2/h7,10,16,19,23,25-27,30-33,70H,4-6,8-9,11-15,17-18,20-22,24,28-29,34-69H2,1-3H3/b10-7-,19-16-,26-23-,27-25-,32-30-,33-31-. The third kappa shape index (κ3) is 65.5. The number of hydrogen-bond acceptors (Lipinski definition) is 6. The molecule has 0 radical (unpaired) electrons. The minimum atomic E-state index is -0.777. The molecular formula is C73H130O6. The molecule has 6 nitrogen and oxygen atoms in total. The smallest absolute Gasteiger partial charge is 0.306 e. The minimum Gasteiger partial charge on any atom is -0.462 e. The van der Waals surface area contributed by atoms with Gasteiger partial charge in [0, 0.05) is 19.3 Å². The van der Waals surface area contributed by atoms with Crippen LogP contribution in [0.3, 0.4) is 0 Å². The molecule has 0 amide bonds. The molecule has 6 heteroatoms. The first-order valence-electron chi connectivity index (χ1n) is 34.4. The van der Waals surface area contributed by atoms with Crippen molar-refractivity contribution in [2.75, 3.05) is 13.2 Å². The molecule has 0 spiro atoms. The highest BCUT2D eigenvalue weighted by molar-refractivity contribution is 5.71. The molecule has 0 N–H and O–H groups in total. The highest BCUT2D eigenvalue weighted by atomic mass is 16.6. The van der Waals surface area contributed by atoms with Gasteiger partial charge in [0.15, 0.2) is 6.10 Å². The van der Waals surface area contributed by atoms with E-state index in [0.29, 0.717) is 19.3 Å². The van der Waals surface area contributed by atoms with Gasteiger partial charge >= 0.3 is 17.9 Å². The van der Waals surface area contributed by atoms with Crippen molar-refractivity contribution in [3.63, 3.8) is 0 Å². The summed E-state index contributed by atoms with van der Waals surface area (Å²) >= 11 is 0. The summed E-state index contributed by atoms with van der Waals surface area (Å²) in [6, 6.07) is 0. The number of carbonyl (C=O) groups excluding carboxylic acids is 3. The lowest BCUT2D eigenvalue weighted by molar-refractivity contribution is -0.167. The summed E-state index contributed by atoms with van der Waals surface area (Å²) in [6.07, 6.45) is 87.8. The van der Waals surface area contributed by atoms with E-state index in [9.17, 15) is 14.4 Å². The normalized spacial score (nSPS) is 12.5. The molecule has 1 unspecified atom stereocenters. The number of esters is 3. The molecule has 1 atom stereocenters. The first kappa shape index (κ1) is 75.8. The molecule has 0 aliphatic carbocycles. The van der Waals surface area contributed by atoms with Crippen molar-refractivity contribution < 1.29 is 28.6 Å². The zero-order valence-corrected chi connectivity index (χ0v) is 52.6. The zero-order valence-electron chi connectivity index (χ0n) is 52.6. The van der Waals surface area contributed by atoms with Crippen LogP contribution >= 0.6 is 0 Å². The molecule has 0 aromatic rings. The molecule has 0 bridgehead atoms. The third-order valence-corrected chi connectivity index (χ3v) is 15.2. The quantitative estimate of drug-likeness (QED) is 0.0261. The Labute approximate surface area is 491 Å². The Morgan fingerprint density at radius 2 is 0.494 bits per heavy atom. The van der Waals surface area contributed by atoms with Gasteiger partial charge in [-0.1, -0.05) is 318 Å². The van der Waals surface area contributed by atoms with Crippen molar-refractivity contribution >= 4 is 17.9 Å². The summed E-state index contributed by atoms with van der Waals surface area (Å²) in [6.45, 7) is 6.56. The molecule has 458 valence electrons. The summed E-state index contributed by atoms with van der Waals surface area (Å²) in [4.78, 5) is 38.4. The minimum absolute atomic E-state index is 0.0724. The van der Waals surface area contributed by atoms with Crippen molar-refractivity contribution in [1.82, 2.24) is 0 Å². The van der Waals surface area contributed by atoms with Gasteiger partial charge in [0.1, 0.15) is 13.2 Å². The van der Waals surface area contributed by atoms with E-state index in [1.54, 1.807) is 0 Å². The second-order valence-corrected chi connectivity index (χ2v) is 23.1. The summed E-state index contributed by atoms with van der Waals surface area (Å²) in [5.74, 6) is -0.856. The maximum absolute atomic E-state index is 12.9. The Hall–Kier alpha value is -3.15. The van der Waals surface area contributed by atoms with Crippen molar-refractivity contribution in [1.29, 1.82) is 0 Å². The van der Waals surface area contributed by atoms with E-state index in [1.807, 2.05) is 0 Å². The highest BCUT2D eigenvalue weighted by Gasteiger charge is 2.19. The van der Waals surface area contributed by atoms with E-state index in [0.717, 1.165) is 89.9 Å². The molecule has 0 aromatic carbocycles. The molecule has 0 saturated carbocycles. The van der Waals surface area contributed by atoms with Gasteiger partial charge in [0.2, 0.25) is 0 Å². The molecule has 0 aliphatic heterocycles. The van der Waals surface area contributed by atoms with E-state index in [4.69, 9.17) is 14.2 Å². The van der Waals surface area contributed by atoms with Crippen LogP contribution in [0.5, 0.6) is 0 Å². The number of allylic oxidation sites excluding steroid dienone is 12. The molecule has 0 rings (SSSR count). The first-order chi connectivity index (χ1) is 39.0. The van der Waals surface area contributed by atoms with Crippen LogP contribution in [0.4, 0.5) is 0 Å². The van der Waals surface area contributed by atoms with Crippen molar-refractivity contribution in [2.24, 2.45) is 0 Å². The van der Waals surface area contributed by atoms with E-state index in [2.05, 4.69) is 93.7 Å². The van der Waals surface area contributed by atoms with Crippen LogP contribution < -0.4 is 0 Å². The van der Waals surface area contributed by atoms with E-state index in [-0.39, 0.29) is 31.1 Å². The summed E-state index contributed by atoms with van der Waals surface area (Å²) in [5.41, 5.74) is 0. The Kier molecular flexibility index (Phi) is 64.7. The van der Waals surface area contributed by atoms with Crippen LogP contribution in [0.15, 0.2) is 72.9 Å². The average molecular weight is 1100 g/mol. The fourth-order valence-electron chi connectivity index (χ4n) is 10.1. The monoisotopic (exact) mass is 1100 g/mol. The number of carbonyl (C=O) groups is 3. The van der Waals surface area contributed by atoms with Gasteiger partial charge < -0.3 is 14.2 Å². The van der Waals surface area contributed by atoms with Crippen LogP contribution in [0.25, 0.3) is 0 Å². The largest absolute Gasteiger partial charge is 0.462 e. The summed E-state index contributed by atoms with van der Waals surface area (Å²) < 4.78 is 17.0. The lowest BCUT2D eigenvalue weighted by Gasteiger charge is -2.18. The fraction of sp³-hybridized carbons (Fsp3) is 0.795. The maximum atomic E-state index is 12.9. The average Bonchev–Trinajstić information content (AvgIpc) is 3.45. The predicted octanol–water partition coefficient (Wildman–Crippen LogP) is 23.7. The zero-order chi connectivity index (χ0) is 57.1. The van der Waals surface area contributed by atoms with Gasteiger partial charge in [-0.2, -0.15) is 0 Å². The lowest BCUT2D eigenvalue weighted by atomic mass is 10.0. The first-order valence-corrected chi connectivity index (χ1v) is 34.4. The van der Waals surface area contributed by atoms with E-state index >= 15 is 0 Å². The van der Waals surface area contributed by atoms with Gasteiger partial charge in [-0.3, -0.25) is 14.4 Å². The number of rotatable bonds is 63. The maximum Gasteiger partial charge on any atom is 0.306 e. The summed E-state index contributed by atoms with van der Waals surface area (Å²) in [5, 5.41) is 0. The Morgan fingerprint density at radius 1 is 0.266 bits per heavy atom. The molecular weight excluding hydrogens is 973 g/mol. The van der Waals surface area contributed by atoms with Crippen LogP contribution in [0.1, 0.15) is 355 Å². The van der Waals surface area contributed by atoms with E-state index in [1.165, 1.54) is 225 Å². The van der Waals surface area contributed by atoms with Gasteiger partial charge in [-0.25, -0.2) is 0 Å². The highest BCUT2D eigenvalue weighted by Crippen LogP contribution is 2.17. The van der Waals surface area contributed by atoms with Crippen LogP contribution in [-0.2, 0) is 28.6 Å². The van der Waals surface area contributed by atoms with Crippen LogP contribution in [-0.4, -0.2) is 37.2 Å². The number of ether oxygens (including phenoxy) is 3. The van der Waals surface area contributed by atoms with Gasteiger partial charge in [0.25, 0.3) is 0 Å². The van der Waals surface area contributed by atoms with Gasteiger partial charge in [-0.15, -0.1) is 0 Å². The number of unbranched alkanes of at least 4 members (excludes halogenated alkanes) is 40. The Bertz CT molecular complexity index is 1450. The molecule has 0 aromatic heterocycles. The summed E-state index contributed by atoms with van der Waals surface area (Å²) in [7, 11) is 0. The molecule has 79 heavy (non-hydrogen) atoms. The topological polar surface area (TPSA) is 78.9 Å².